The Bertz CT molecular complexity index is 895. The lowest BCUT2D eigenvalue weighted by molar-refractivity contribution is -0.384. The van der Waals surface area contributed by atoms with Crippen LogP contribution in [0.4, 0.5) is 5.69 Å². The number of pyridine rings is 1. The van der Waals surface area contributed by atoms with Crippen molar-refractivity contribution in [2.75, 3.05) is 7.11 Å². The van der Waals surface area contributed by atoms with Crippen molar-refractivity contribution in [3.05, 3.63) is 76.1 Å². The number of nitrogens with one attached hydrogen (secondary N) is 1. The van der Waals surface area contributed by atoms with Gasteiger partial charge in [0.15, 0.2) is 5.78 Å². The molecule has 3 rings (SSSR count). The number of Topliss-reactive ketones (excluding diaryl/α,β-unsaturated/α-hetero) is 1. The van der Waals surface area contributed by atoms with E-state index in [0.717, 1.165) is 0 Å². The lowest BCUT2D eigenvalue weighted by atomic mass is 9.94. The van der Waals surface area contributed by atoms with Crippen LogP contribution in [0.25, 0.3) is 5.57 Å². The lowest BCUT2D eigenvalue weighted by Gasteiger charge is -2.16. The van der Waals surface area contributed by atoms with Crippen LogP contribution in [0, 0.1) is 10.1 Å². The highest BCUT2D eigenvalue weighted by atomic mass is 16.6. The van der Waals surface area contributed by atoms with Crippen LogP contribution in [0.3, 0.4) is 0 Å². The minimum atomic E-state index is -0.830. The predicted molar refractivity (Wildman–Crippen MR) is 92.4 cm³/mol. The molecule has 26 heavy (non-hydrogen) atoms. The zero-order chi connectivity index (χ0) is 18.7. The van der Waals surface area contributed by atoms with Crippen molar-refractivity contribution >= 4 is 23.0 Å². The lowest BCUT2D eigenvalue weighted by Crippen LogP contribution is -2.41. The summed E-state index contributed by atoms with van der Waals surface area (Å²) in [5.41, 5.74) is 1.30. The van der Waals surface area contributed by atoms with Gasteiger partial charge in [0, 0.05) is 30.1 Å². The van der Waals surface area contributed by atoms with Gasteiger partial charge in [-0.3, -0.25) is 30.0 Å². The molecule has 2 atom stereocenters. The van der Waals surface area contributed by atoms with Crippen LogP contribution in [0.2, 0.25) is 0 Å². The summed E-state index contributed by atoms with van der Waals surface area (Å²) in [7, 11) is 1.25. The van der Waals surface area contributed by atoms with Crippen LogP contribution in [0.5, 0.6) is 0 Å². The molecule has 1 aliphatic rings. The topological polar surface area (TPSA) is 111 Å². The highest BCUT2D eigenvalue weighted by molar-refractivity contribution is 6.09. The molecule has 1 aromatic heterocycles. The highest BCUT2D eigenvalue weighted by Crippen LogP contribution is 2.29. The first-order valence-electron chi connectivity index (χ1n) is 7.76. The molecule has 0 bridgehead atoms. The summed E-state index contributed by atoms with van der Waals surface area (Å²) in [4.78, 5) is 39.2. The molecule has 0 fully saturated rings. The van der Waals surface area contributed by atoms with Crippen molar-refractivity contribution in [1.82, 2.24) is 10.3 Å². The summed E-state index contributed by atoms with van der Waals surface area (Å²) in [5, 5.41) is 14.0. The number of benzene rings is 1. The number of esters is 1. The summed E-state index contributed by atoms with van der Waals surface area (Å²) < 4.78 is 4.74. The number of carbonyl (C=O) groups is 2. The number of hydrogen-bond acceptors (Lipinski definition) is 7. The Hall–Kier alpha value is -3.39. The minimum Gasteiger partial charge on any atom is -0.468 e. The van der Waals surface area contributed by atoms with E-state index in [-0.39, 0.29) is 11.5 Å². The van der Waals surface area contributed by atoms with Crippen LogP contribution in [0.15, 0.2) is 54.9 Å². The van der Waals surface area contributed by atoms with E-state index in [1.807, 2.05) is 0 Å². The molecule has 0 unspecified atom stereocenters. The summed E-state index contributed by atoms with van der Waals surface area (Å²) in [6.45, 7) is 0. The number of rotatable bonds is 5. The van der Waals surface area contributed by atoms with Crippen molar-refractivity contribution in [3.63, 3.8) is 0 Å². The quantitative estimate of drug-likeness (QED) is 0.377. The van der Waals surface area contributed by atoms with Crippen LogP contribution >= 0.6 is 0 Å². The first-order valence-corrected chi connectivity index (χ1v) is 7.76. The number of nitro groups is 1. The van der Waals surface area contributed by atoms with E-state index in [2.05, 4.69) is 10.3 Å². The molecule has 1 N–H and O–H groups in total. The second-order valence-electron chi connectivity index (χ2n) is 5.63. The van der Waals surface area contributed by atoms with Crippen LogP contribution in [-0.2, 0) is 9.53 Å². The maximum Gasteiger partial charge on any atom is 0.326 e. The fourth-order valence-electron chi connectivity index (χ4n) is 2.82. The molecular weight excluding hydrogens is 338 g/mol. The molecule has 132 valence electrons. The Labute approximate surface area is 148 Å². The third-order valence-corrected chi connectivity index (χ3v) is 4.08. The van der Waals surface area contributed by atoms with E-state index in [1.165, 1.54) is 37.7 Å². The van der Waals surface area contributed by atoms with Gasteiger partial charge in [-0.25, -0.2) is 0 Å². The number of hydrogen-bond donors (Lipinski definition) is 1. The normalized spacial score (nSPS) is 18.9. The van der Waals surface area contributed by atoms with Gasteiger partial charge in [0.1, 0.15) is 6.04 Å². The van der Waals surface area contributed by atoms with Crippen molar-refractivity contribution < 1.29 is 19.2 Å². The maximum atomic E-state index is 12.9. The van der Waals surface area contributed by atoms with Crippen LogP contribution < -0.4 is 5.32 Å². The molecule has 0 spiro atoms. The Morgan fingerprint density at radius 3 is 2.62 bits per heavy atom. The molecule has 0 saturated heterocycles. The van der Waals surface area contributed by atoms with Crippen LogP contribution in [-0.4, -0.2) is 40.9 Å². The van der Waals surface area contributed by atoms with Gasteiger partial charge in [-0.05, 0) is 23.3 Å². The maximum absolute atomic E-state index is 12.9. The van der Waals surface area contributed by atoms with E-state index >= 15 is 0 Å². The smallest absolute Gasteiger partial charge is 0.326 e. The summed E-state index contributed by atoms with van der Waals surface area (Å²) in [6.07, 6.45) is 4.56. The molecule has 2 aromatic rings. The monoisotopic (exact) mass is 353 g/mol. The van der Waals surface area contributed by atoms with Gasteiger partial charge in [-0.1, -0.05) is 18.2 Å². The third kappa shape index (κ3) is 3.35. The van der Waals surface area contributed by atoms with Crippen LogP contribution in [0.1, 0.15) is 15.9 Å². The van der Waals surface area contributed by atoms with Crippen molar-refractivity contribution in [2.45, 2.75) is 12.1 Å². The molecule has 1 aromatic carbocycles. The fraction of sp³-hybridized carbons (Fsp3) is 0.167. The van der Waals surface area contributed by atoms with E-state index in [0.29, 0.717) is 16.7 Å². The van der Waals surface area contributed by atoms with Crippen molar-refractivity contribution in [3.8, 4) is 0 Å². The Kier molecular flexibility index (Phi) is 4.85. The molecule has 0 saturated carbocycles. The molecule has 0 radical (unpaired) electrons. The van der Waals surface area contributed by atoms with E-state index in [9.17, 15) is 19.7 Å². The van der Waals surface area contributed by atoms with Gasteiger partial charge in [0.25, 0.3) is 5.69 Å². The molecule has 1 aliphatic heterocycles. The first-order chi connectivity index (χ1) is 12.5. The SMILES string of the molecule is COC(=O)[C@H]1C=C(c2cccc([N+](=O)[O-])c2)[C@@H](C(=O)c2ccncc2)N1. The number of methoxy groups -OCH3 is 1. The van der Waals surface area contributed by atoms with Gasteiger partial charge in [0.2, 0.25) is 0 Å². The van der Waals surface area contributed by atoms with E-state index < -0.39 is 23.0 Å². The molecule has 0 aliphatic carbocycles. The van der Waals surface area contributed by atoms with Gasteiger partial charge in [-0.2, -0.15) is 0 Å². The number of nitro benzene ring substituents is 1. The van der Waals surface area contributed by atoms with Crippen molar-refractivity contribution in [2.24, 2.45) is 0 Å². The minimum absolute atomic E-state index is 0.0972. The average Bonchev–Trinajstić information content (AvgIpc) is 3.13. The zero-order valence-corrected chi connectivity index (χ0v) is 13.8. The third-order valence-electron chi connectivity index (χ3n) is 4.08. The van der Waals surface area contributed by atoms with Gasteiger partial charge >= 0.3 is 5.97 Å². The molecule has 8 nitrogen and oxygen atoms in total. The number of non-ortho nitro benzene ring substituents is 1. The van der Waals surface area contributed by atoms with E-state index in [4.69, 9.17) is 4.74 Å². The molecule has 8 heteroatoms. The summed E-state index contributed by atoms with van der Waals surface area (Å²) in [6, 6.07) is 7.43. The summed E-state index contributed by atoms with van der Waals surface area (Å²) in [5.74, 6) is -0.811. The van der Waals surface area contributed by atoms with Crippen molar-refractivity contribution in [1.29, 1.82) is 0 Å². The number of carbonyl (C=O) groups excluding carboxylic acids is 2. The van der Waals surface area contributed by atoms with E-state index in [1.54, 1.807) is 24.3 Å². The van der Waals surface area contributed by atoms with Gasteiger partial charge < -0.3 is 4.74 Å². The number of aromatic nitrogens is 1. The fourth-order valence-corrected chi connectivity index (χ4v) is 2.82. The Morgan fingerprint density at radius 1 is 1.23 bits per heavy atom. The first kappa shape index (κ1) is 17.4. The molecule has 2 heterocycles. The molecule has 0 amide bonds. The predicted octanol–water partition coefficient (Wildman–Crippen LogP) is 1.77. The highest BCUT2D eigenvalue weighted by Gasteiger charge is 2.36. The second kappa shape index (κ2) is 7.24. The van der Waals surface area contributed by atoms with Gasteiger partial charge in [0.05, 0.1) is 18.1 Å². The van der Waals surface area contributed by atoms with Gasteiger partial charge in [-0.15, -0.1) is 0 Å². The number of ketones is 1. The molecular formula is C18H15N3O5. The Balaban J connectivity index is 2.02. The standard InChI is InChI=1S/C18H15N3O5/c1-26-18(23)15-10-14(12-3-2-4-13(9-12)21(24)25)16(20-15)17(22)11-5-7-19-8-6-11/h2-10,15-16,20H,1H3/t15-,16+/m1/s1. The second-order valence-corrected chi connectivity index (χ2v) is 5.63. The largest absolute Gasteiger partial charge is 0.468 e. The number of ether oxygens (including phenoxy) is 1. The summed E-state index contributed by atoms with van der Waals surface area (Å²) >= 11 is 0. The Morgan fingerprint density at radius 2 is 1.96 bits per heavy atom. The average molecular weight is 353 g/mol. The number of nitrogens with zero attached hydrogens (tertiary/aromatic N) is 2. The zero-order valence-electron chi connectivity index (χ0n) is 13.8.